The van der Waals surface area contributed by atoms with Crippen LogP contribution >= 0.6 is 23.5 Å². The zero-order valence-corrected chi connectivity index (χ0v) is 11.2. The van der Waals surface area contributed by atoms with Crippen LogP contribution in [0.3, 0.4) is 0 Å². The molecule has 0 bridgehead atoms. The molecule has 0 radical (unpaired) electrons. The van der Waals surface area contributed by atoms with Gasteiger partial charge in [-0.3, -0.25) is 13.9 Å². The van der Waals surface area contributed by atoms with Crippen LogP contribution in [-0.4, -0.2) is 53.4 Å². The highest BCUT2D eigenvalue weighted by molar-refractivity contribution is 8.38. The van der Waals surface area contributed by atoms with Gasteiger partial charge >= 0.3 is 0 Å². The van der Waals surface area contributed by atoms with Crippen molar-refractivity contribution in [2.75, 3.05) is 23.0 Å². The Morgan fingerprint density at radius 2 is 1.19 bits per heavy atom. The zero-order valence-electron chi connectivity index (χ0n) is 7.90. The van der Waals surface area contributed by atoms with E-state index < -0.39 is 36.2 Å². The minimum Gasteiger partial charge on any atom is -0.286 e. The van der Waals surface area contributed by atoms with Crippen molar-refractivity contribution in [2.45, 2.75) is 0 Å². The van der Waals surface area contributed by atoms with Crippen LogP contribution in [-0.2, 0) is 20.2 Å². The van der Waals surface area contributed by atoms with Gasteiger partial charge in [0.1, 0.15) is 0 Å². The molecule has 0 amide bonds. The monoisotopic (exact) mass is 310 g/mol. The highest BCUT2D eigenvalue weighted by Gasteiger charge is 2.10. The van der Waals surface area contributed by atoms with Crippen LogP contribution in [0.5, 0.6) is 0 Å². The minimum absolute atomic E-state index is 0.101. The first-order valence-corrected chi connectivity index (χ1v) is 8.99. The maximum absolute atomic E-state index is 11.0. The van der Waals surface area contributed by atoms with Gasteiger partial charge < -0.3 is 0 Å². The summed E-state index contributed by atoms with van der Waals surface area (Å²) in [4.78, 5) is 11.0. The first kappa shape index (κ1) is 16.2. The van der Waals surface area contributed by atoms with E-state index in [1.165, 1.54) is 0 Å². The molecule has 0 fully saturated rings. The fraction of sp³-hybridized carbons (Fsp3) is 0.800. The number of carbonyl (C=O) groups is 1. The molecule has 0 aliphatic rings. The van der Waals surface area contributed by atoms with Gasteiger partial charge in [0.15, 0.2) is 0 Å². The average molecular weight is 310 g/mol. The van der Waals surface area contributed by atoms with Gasteiger partial charge in [0.25, 0.3) is 20.2 Å². The van der Waals surface area contributed by atoms with Crippen LogP contribution in [0.2, 0.25) is 0 Å². The van der Waals surface area contributed by atoms with E-state index in [9.17, 15) is 21.6 Å². The van der Waals surface area contributed by atoms with E-state index in [4.69, 9.17) is 9.11 Å². The van der Waals surface area contributed by atoms with Crippen molar-refractivity contribution in [3.05, 3.63) is 0 Å². The Morgan fingerprint density at radius 1 is 0.875 bits per heavy atom. The van der Waals surface area contributed by atoms with Gasteiger partial charge in [-0.1, -0.05) is 23.5 Å². The molecule has 16 heavy (non-hydrogen) atoms. The fourth-order valence-corrected chi connectivity index (χ4v) is 4.02. The van der Waals surface area contributed by atoms with Crippen molar-refractivity contribution in [2.24, 2.45) is 0 Å². The van der Waals surface area contributed by atoms with Gasteiger partial charge in [0.2, 0.25) is 4.45 Å². The molecule has 0 aromatic heterocycles. The Balaban J connectivity index is 3.69. The van der Waals surface area contributed by atoms with Crippen molar-refractivity contribution in [3.8, 4) is 0 Å². The van der Waals surface area contributed by atoms with Gasteiger partial charge in [-0.15, -0.1) is 0 Å². The third kappa shape index (κ3) is 12.3. The SMILES string of the molecule is O=C(SCCS(=O)(=O)O)SCCS(=O)(=O)O. The Morgan fingerprint density at radius 3 is 1.44 bits per heavy atom. The summed E-state index contributed by atoms with van der Waals surface area (Å²) in [6, 6.07) is 0. The van der Waals surface area contributed by atoms with Gasteiger partial charge in [0, 0.05) is 11.5 Å². The number of thioether (sulfide) groups is 2. The average Bonchev–Trinajstić information content (AvgIpc) is 1.98. The Hall–Kier alpha value is 0.190. The first-order valence-electron chi connectivity index (χ1n) is 3.80. The molecule has 0 rings (SSSR count). The lowest BCUT2D eigenvalue weighted by atomic mass is 11.0. The van der Waals surface area contributed by atoms with Gasteiger partial charge in [-0.05, 0) is 0 Å². The topological polar surface area (TPSA) is 126 Å². The van der Waals surface area contributed by atoms with E-state index in [2.05, 4.69) is 0 Å². The van der Waals surface area contributed by atoms with Crippen LogP contribution in [0, 0.1) is 0 Å². The standard InChI is InChI=1S/C5H10O7S4/c6-5(13-1-3-15(7,8)9)14-2-4-16(10,11)12/h1-4H2,(H,7,8,9)(H,10,11,12). The number of carbonyl (C=O) groups excluding carboxylic acids is 1. The highest BCUT2D eigenvalue weighted by atomic mass is 32.2. The number of hydrogen-bond acceptors (Lipinski definition) is 7. The van der Waals surface area contributed by atoms with Crippen LogP contribution in [0.1, 0.15) is 0 Å². The molecule has 96 valence electrons. The Kier molecular flexibility index (Phi) is 6.89. The molecule has 11 heteroatoms. The second kappa shape index (κ2) is 6.81. The molecular weight excluding hydrogens is 300 g/mol. The van der Waals surface area contributed by atoms with Crippen molar-refractivity contribution in [1.82, 2.24) is 0 Å². The summed E-state index contributed by atoms with van der Waals surface area (Å²) in [6.45, 7) is 0. The molecule has 0 aliphatic carbocycles. The van der Waals surface area contributed by atoms with Crippen molar-refractivity contribution in [1.29, 1.82) is 0 Å². The number of rotatable bonds is 6. The summed E-state index contributed by atoms with van der Waals surface area (Å²) in [7, 11) is -8.16. The van der Waals surface area contributed by atoms with E-state index in [-0.39, 0.29) is 11.5 Å². The number of hydrogen-bond donors (Lipinski definition) is 2. The highest BCUT2D eigenvalue weighted by Crippen LogP contribution is 2.16. The summed E-state index contributed by atoms with van der Waals surface area (Å²) in [5, 5.41) is 0. The first-order chi connectivity index (χ1) is 7.10. The van der Waals surface area contributed by atoms with Crippen LogP contribution in [0.4, 0.5) is 4.79 Å². The van der Waals surface area contributed by atoms with Gasteiger partial charge in [-0.25, -0.2) is 0 Å². The van der Waals surface area contributed by atoms with Crippen molar-refractivity contribution < 1.29 is 30.7 Å². The second-order valence-corrected chi connectivity index (χ2v) is 8.06. The summed E-state index contributed by atoms with van der Waals surface area (Å²) in [5.74, 6) is -1.28. The lowest BCUT2D eigenvalue weighted by molar-refractivity contribution is 0.276. The summed E-state index contributed by atoms with van der Waals surface area (Å²) < 4.78 is 57.3. The van der Waals surface area contributed by atoms with Gasteiger partial charge in [0.05, 0.1) is 11.5 Å². The van der Waals surface area contributed by atoms with Crippen LogP contribution in [0.15, 0.2) is 0 Å². The summed E-state index contributed by atoms with van der Waals surface area (Å²) in [6.07, 6.45) is 0. The maximum atomic E-state index is 11.0. The molecule has 0 aromatic rings. The molecule has 0 saturated carbocycles. The van der Waals surface area contributed by atoms with E-state index >= 15 is 0 Å². The zero-order chi connectivity index (χ0) is 12.8. The lowest BCUT2D eigenvalue weighted by Gasteiger charge is -1.98. The predicted molar refractivity (Wildman–Crippen MR) is 63.1 cm³/mol. The summed E-state index contributed by atoms with van der Waals surface area (Å²) >= 11 is 1.32. The fourth-order valence-electron chi connectivity index (χ4n) is 0.502. The second-order valence-electron chi connectivity index (χ2n) is 2.52. The normalized spacial score (nSPS) is 12.6. The van der Waals surface area contributed by atoms with E-state index in [0.29, 0.717) is 23.5 Å². The van der Waals surface area contributed by atoms with E-state index in [1.807, 2.05) is 0 Å². The molecule has 0 heterocycles. The third-order valence-electron chi connectivity index (χ3n) is 1.12. The van der Waals surface area contributed by atoms with E-state index in [1.54, 1.807) is 0 Å². The largest absolute Gasteiger partial charge is 0.286 e. The quantitative estimate of drug-likeness (QED) is 0.668. The van der Waals surface area contributed by atoms with Crippen LogP contribution in [0.25, 0.3) is 0 Å². The molecule has 2 N–H and O–H groups in total. The molecule has 0 aromatic carbocycles. The van der Waals surface area contributed by atoms with Crippen LogP contribution < -0.4 is 0 Å². The lowest BCUT2D eigenvalue weighted by Crippen LogP contribution is -2.08. The molecule has 7 nitrogen and oxygen atoms in total. The smallest absolute Gasteiger partial charge is 0.265 e. The van der Waals surface area contributed by atoms with E-state index in [0.717, 1.165) is 0 Å². The Bertz CT molecular complexity index is 382. The molecule has 0 atom stereocenters. The Labute approximate surface area is 102 Å². The molecule has 0 saturated heterocycles. The molecule has 0 spiro atoms. The minimum atomic E-state index is -4.08. The molecular formula is C5H10O7S4. The maximum Gasteiger partial charge on any atom is 0.265 e. The van der Waals surface area contributed by atoms with Crippen molar-refractivity contribution in [3.63, 3.8) is 0 Å². The van der Waals surface area contributed by atoms with Gasteiger partial charge in [-0.2, -0.15) is 16.8 Å². The summed E-state index contributed by atoms with van der Waals surface area (Å²) in [5.41, 5.74) is 0. The predicted octanol–water partition coefficient (Wildman–Crippen LogP) is 0.348. The molecule has 0 aliphatic heterocycles. The third-order valence-corrected chi connectivity index (χ3v) is 5.07. The molecule has 0 unspecified atom stereocenters. The van der Waals surface area contributed by atoms with Crippen molar-refractivity contribution >= 4 is 48.2 Å².